The summed E-state index contributed by atoms with van der Waals surface area (Å²) in [4.78, 5) is 12.2. The van der Waals surface area contributed by atoms with Crippen LogP contribution >= 0.6 is 0 Å². The van der Waals surface area contributed by atoms with Crippen LogP contribution in [0, 0.1) is 13.8 Å². The van der Waals surface area contributed by atoms with Crippen LogP contribution in [-0.4, -0.2) is 5.91 Å². The molecule has 2 aromatic carbocycles. The molecule has 1 amide bonds. The van der Waals surface area contributed by atoms with Gasteiger partial charge in [0.1, 0.15) is 0 Å². The van der Waals surface area contributed by atoms with Crippen molar-refractivity contribution in [1.82, 2.24) is 0 Å². The third-order valence-corrected chi connectivity index (χ3v) is 4.34. The van der Waals surface area contributed by atoms with Gasteiger partial charge in [-0.1, -0.05) is 42.5 Å². The van der Waals surface area contributed by atoms with Crippen LogP contribution in [0.1, 0.15) is 28.7 Å². The molecule has 0 saturated carbocycles. The monoisotopic (exact) mass is 318 g/mol. The van der Waals surface area contributed by atoms with Crippen LogP contribution in [0.2, 0.25) is 0 Å². The molecule has 122 valence electrons. The van der Waals surface area contributed by atoms with Gasteiger partial charge in [0, 0.05) is 16.9 Å². The first-order valence-electron chi connectivity index (χ1n) is 8.14. The van der Waals surface area contributed by atoms with Crippen molar-refractivity contribution in [2.24, 2.45) is 0 Å². The molecule has 0 unspecified atom stereocenters. The lowest BCUT2D eigenvalue weighted by molar-refractivity contribution is -0.112. The number of allylic oxidation sites excluding steroid dienone is 3. The Morgan fingerprint density at radius 1 is 1.08 bits per heavy atom. The smallest absolute Gasteiger partial charge is 0.251 e. The number of rotatable bonds is 4. The number of nitrogens with one attached hydrogen (secondary N) is 1. The maximum atomic E-state index is 12.2. The van der Waals surface area contributed by atoms with Crippen LogP contribution < -0.4 is 11.1 Å². The van der Waals surface area contributed by atoms with Gasteiger partial charge in [-0.15, -0.1) is 0 Å². The summed E-state index contributed by atoms with van der Waals surface area (Å²) in [5, 5.41) is 3.00. The van der Waals surface area contributed by atoms with Crippen molar-refractivity contribution in [3.63, 3.8) is 0 Å². The standard InChI is InChI=1S/C21H22N2O/c1-14-11-16(7-9-19(14)22)13-17-8-10-20(15(2)12-17)23-21(24)18-5-3-4-6-18/h3-5,7-12H,6,13,22H2,1-2H3,(H,23,24). The van der Waals surface area contributed by atoms with Gasteiger partial charge in [-0.3, -0.25) is 4.79 Å². The molecule has 0 radical (unpaired) electrons. The van der Waals surface area contributed by atoms with E-state index < -0.39 is 0 Å². The van der Waals surface area contributed by atoms with Gasteiger partial charge >= 0.3 is 0 Å². The van der Waals surface area contributed by atoms with E-state index in [0.29, 0.717) is 6.42 Å². The van der Waals surface area contributed by atoms with Gasteiger partial charge in [-0.2, -0.15) is 0 Å². The molecule has 3 rings (SSSR count). The summed E-state index contributed by atoms with van der Waals surface area (Å²) >= 11 is 0. The number of benzene rings is 2. The minimum absolute atomic E-state index is 0.0231. The molecule has 1 aliphatic carbocycles. The van der Waals surface area contributed by atoms with Crippen LogP contribution in [0.25, 0.3) is 0 Å². The van der Waals surface area contributed by atoms with Gasteiger partial charge in [-0.25, -0.2) is 0 Å². The molecule has 1 aliphatic rings. The summed E-state index contributed by atoms with van der Waals surface area (Å²) in [7, 11) is 0. The molecule has 0 spiro atoms. The van der Waals surface area contributed by atoms with Crippen molar-refractivity contribution >= 4 is 17.3 Å². The molecule has 3 heteroatoms. The van der Waals surface area contributed by atoms with Gasteiger partial charge in [0.25, 0.3) is 5.91 Å². The minimum atomic E-state index is -0.0231. The molecular formula is C21H22N2O. The molecule has 0 aliphatic heterocycles. The Morgan fingerprint density at radius 3 is 2.42 bits per heavy atom. The van der Waals surface area contributed by atoms with Crippen LogP contribution in [0.5, 0.6) is 0 Å². The summed E-state index contributed by atoms with van der Waals surface area (Å²) in [6.07, 6.45) is 7.33. The summed E-state index contributed by atoms with van der Waals surface area (Å²) in [5.41, 5.74) is 13.0. The fraction of sp³-hybridized carbons (Fsp3) is 0.190. The number of carbonyl (C=O) groups excluding carboxylic acids is 1. The molecule has 0 fully saturated rings. The molecule has 24 heavy (non-hydrogen) atoms. The van der Waals surface area contributed by atoms with E-state index in [-0.39, 0.29) is 5.91 Å². The lowest BCUT2D eigenvalue weighted by atomic mass is 10.00. The van der Waals surface area contributed by atoms with Gasteiger partial charge in [0.15, 0.2) is 0 Å². The second-order valence-electron chi connectivity index (χ2n) is 6.30. The Morgan fingerprint density at radius 2 is 1.79 bits per heavy atom. The minimum Gasteiger partial charge on any atom is -0.399 e. The van der Waals surface area contributed by atoms with Gasteiger partial charge in [0.05, 0.1) is 0 Å². The Hall–Kier alpha value is -2.81. The number of hydrogen-bond donors (Lipinski definition) is 2. The SMILES string of the molecule is Cc1cc(Cc2ccc(NC(=O)C3=CC=CC3)c(C)c2)ccc1N. The van der Waals surface area contributed by atoms with Crippen LogP contribution in [0.3, 0.4) is 0 Å². The molecule has 2 aromatic rings. The number of hydrogen-bond acceptors (Lipinski definition) is 2. The summed E-state index contributed by atoms with van der Waals surface area (Å²) in [6.45, 7) is 4.05. The Bertz CT molecular complexity index is 847. The van der Waals surface area contributed by atoms with Crippen LogP contribution in [0.4, 0.5) is 11.4 Å². The van der Waals surface area contributed by atoms with E-state index in [0.717, 1.165) is 34.5 Å². The van der Waals surface area contributed by atoms with Crippen molar-refractivity contribution in [3.05, 3.63) is 82.5 Å². The largest absolute Gasteiger partial charge is 0.399 e. The number of nitrogen functional groups attached to an aromatic ring is 1. The molecule has 0 heterocycles. The van der Waals surface area contributed by atoms with Gasteiger partial charge < -0.3 is 11.1 Å². The van der Waals surface area contributed by atoms with E-state index >= 15 is 0 Å². The number of amides is 1. The number of carbonyl (C=O) groups is 1. The summed E-state index contributed by atoms with van der Waals surface area (Å²) in [5.74, 6) is -0.0231. The van der Waals surface area contributed by atoms with E-state index in [9.17, 15) is 4.79 Å². The maximum absolute atomic E-state index is 12.2. The Balaban J connectivity index is 1.72. The van der Waals surface area contributed by atoms with E-state index in [1.165, 1.54) is 11.1 Å². The average molecular weight is 318 g/mol. The highest BCUT2D eigenvalue weighted by Crippen LogP contribution is 2.22. The average Bonchev–Trinajstić information content (AvgIpc) is 3.08. The highest BCUT2D eigenvalue weighted by Gasteiger charge is 2.11. The zero-order chi connectivity index (χ0) is 17.1. The van der Waals surface area contributed by atoms with E-state index in [1.54, 1.807) is 0 Å². The molecule has 0 bridgehead atoms. The lowest BCUT2D eigenvalue weighted by Crippen LogP contribution is -2.14. The highest BCUT2D eigenvalue weighted by atomic mass is 16.1. The number of nitrogens with two attached hydrogens (primary N) is 1. The zero-order valence-electron chi connectivity index (χ0n) is 14.1. The highest BCUT2D eigenvalue weighted by molar-refractivity contribution is 6.04. The van der Waals surface area contributed by atoms with Crippen LogP contribution in [-0.2, 0) is 11.2 Å². The molecule has 0 aromatic heterocycles. The molecule has 3 nitrogen and oxygen atoms in total. The second-order valence-corrected chi connectivity index (χ2v) is 6.30. The Kier molecular flexibility index (Phi) is 4.52. The van der Waals surface area contributed by atoms with Crippen molar-refractivity contribution in [2.45, 2.75) is 26.7 Å². The molecule has 3 N–H and O–H groups in total. The predicted octanol–water partition coefficient (Wildman–Crippen LogP) is 4.30. The topological polar surface area (TPSA) is 55.1 Å². The van der Waals surface area contributed by atoms with Crippen molar-refractivity contribution < 1.29 is 4.79 Å². The fourth-order valence-corrected chi connectivity index (χ4v) is 2.88. The fourth-order valence-electron chi connectivity index (χ4n) is 2.88. The summed E-state index contributed by atoms with van der Waals surface area (Å²) < 4.78 is 0. The second kappa shape index (κ2) is 6.75. The maximum Gasteiger partial charge on any atom is 0.251 e. The number of anilines is 2. The quantitative estimate of drug-likeness (QED) is 0.826. The summed E-state index contributed by atoms with van der Waals surface area (Å²) in [6, 6.07) is 12.3. The first-order valence-corrected chi connectivity index (χ1v) is 8.14. The number of aryl methyl sites for hydroxylation is 2. The van der Waals surface area contributed by atoms with E-state index in [2.05, 4.69) is 29.6 Å². The predicted molar refractivity (Wildman–Crippen MR) is 100 cm³/mol. The van der Waals surface area contributed by atoms with Crippen molar-refractivity contribution in [2.75, 3.05) is 11.1 Å². The van der Waals surface area contributed by atoms with E-state index in [1.807, 2.05) is 44.2 Å². The van der Waals surface area contributed by atoms with E-state index in [4.69, 9.17) is 5.73 Å². The van der Waals surface area contributed by atoms with Gasteiger partial charge in [-0.05, 0) is 61.1 Å². The lowest BCUT2D eigenvalue weighted by Gasteiger charge is -2.11. The third kappa shape index (κ3) is 3.57. The van der Waals surface area contributed by atoms with Crippen molar-refractivity contribution in [3.8, 4) is 0 Å². The normalized spacial score (nSPS) is 13.0. The Labute approximate surface area is 142 Å². The molecule has 0 atom stereocenters. The van der Waals surface area contributed by atoms with Crippen molar-refractivity contribution in [1.29, 1.82) is 0 Å². The third-order valence-electron chi connectivity index (χ3n) is 4.34. The van der Waals surface area contributed by atoms with Gasteiger partial charge in [0.2, 0.25) is 0 Å². The zero-order valence-corrected chi connectivity index (χ0v) is 14.1. The molecular weight excluding hydrogens is 296 g/mol. The van der Waals surface area contributed by atoms with Crippen LogP contribution in [0.15, 0.2) is 60.2 Å². The first kappa shape index (κ1) is 16.1. The molecule has 0 saturated heterocycles. The first-order chi connectivity index (χ1) is 11.5.